The summed E-state index contributed by atoms with van der Waals surface area (Å²) in [6.07, 6.45) is 5.07. The van der Waals surface area contributed by atoms with E-state index in [1.54, 1.807) is 11.3 Å². The Labute approximate surface area is 183 Å². The standard InChI is InChI=1S/C19H31N5OS.HI/c1-19(2)15(14-7-11-25-16(14)19)23-17(20-3)21-8-6-13-12-26-18(22-13)24-9-4-5-10-24;/h12,14-16H,4-11H2,1-3H3,(H2,20,21,23);1H. The Morgan fingerprint density at radius 2 is 2.19 bits per heavy atom. The lowest BCUT2D eigenvalue weighted by Crippen LogP contribution is -2.68. The topological polar surface area (TPSA) is 61.8 Å². The van der Waals surface area contributed by atoms with Crippen LogP contribution in [0.2, 0.25) is 0 Å². The number of aliphatic imine (C=N–C) groups is 1. The summed E-state index contributed by atoms with van der Waals surface area (Å²) < 4.78 is 5.88. The molecule has 2 aliphatic heterocycles. The molecule has 2 N–H and O–H groups in total. The van der Waals surface area contributed by atoms with Crippen molar-refractivity contribution in [3.8, 4) is 0 Å². The Morgan fingerprint density at radius 1 is 1.41 bits per heavy atom. The third-order valence-electron chi connectivity index (χ3n) is 6.21. The highest BCUT2D eigenvalue weighted by atomic mass is 127. The molecule has 6 nitrogen and oxygen atoms in total. The summed E-state index contributed by atoms with van der Waals surface area (Å²) in [6, 6.07) is 0.433. The number of nitrogens with zero attached hydrogens (tertiary/aromatic N) is 3. The molecule has 1 aromatic rings. The number of anilines is 1. The predicted molar refractivity (Wildman–Crippen MR) is 123 cm³/mol. The monoisotopic (exact) mass is 505 g/mol. The summed E-state index contributed by atoms with van der Waals surface area (Å²) in [6.45, 7) is 8.64. The smallest absolute Gasteiger partial charge is 0.191 e. The zero-order valence-electron chi connectivity index (χ0n) is 16.5. The molecule has 27 heavy (non-hydrogen) atoms. The van der Waals surface area contributed by atoms with E-state index in [1.807, 2.05) is 7.05 Å². The molecule has 3 atom stereocenters. The van der Waals surface area contributed by atoms with Gasteiger partial charge in [0, 0.05) is 62.5 Å². The number of fused-ring (bicyclic) bond motifs is 1. The number of halogens is 1. The number of nitrogens with one attached hydrogen (secondary N) is 2. The molecule has 3 aliphatic rings. The van der Waals surface area contributed by atoms with Crippen molar-refractivity contribution in [2.75, 3.05) is 38.2 Å². The van der Waals surface area contributed by atoms with Crippen LogP contribution in [0.4, 0.5) is 5.13 Å². The lowest BCUT2D eigenvalue weighted by molar-refractivity contribution is -0.106. The molecule has 4 rings (SSSR count). The minimum atomic E-state index is 0. The summed E-state index contributed by atoms with van der Waals surface area (Å²) in [5, 5.41) is 10.5. The second-order valence-electron chi connectivity index (χ2n) is 8.25. The van der Waals surface area contributed by atoms with Crippen LogP contribution in [-0.4, -0.2) is 56.4 Å². The first-order valence-electron chi connectivity index (χ1n) is 9.88. The number of hydrogen-bond donors (Lipinski definition) is 2. The van der Waals surface area contributed by atoms with Crippen LogP contribution in [0.3, 0.4) is 0 Å². The lowest BCUT2D eigenvalue weighted by Gasteiger charge is -2.54. The van der Waals surface area contributed by atoms with E-state index in [0.717, 1.165) is 45.0 Å². The average molecular weight is 505 g/mol. The number of guanidine groups is 1. The molecular formula is C19H32IN5OS. The van der Waals surface area contributed by atoms with E-state index >= 15 is 0 Å². The highest BCUT2D eigenvalue weighted by molar-refractivity contribution is 14.0. The van der Waals surface area contributed by atoms with Crippen LogP contribution < -0.4 is 15.5 Å². The summed E-state index contributed by atoms with van der Waals surface area (Å²) in [7, 11) is 1.85. The van der Waals surface area contributed by atoms with E-state index < -0.39 is 0 Å². The van der Waals surface area contributed by atoms with Crippen LogP contribution in [0.1, 0.15) is 38.8 Å². The molecule has 0 spiro atoms. The van der Waals surface area contributed by atoms with E-state index in [0.29, 0.717) is 18.1 Å². The fraction of sp³-hybridized carbons (Fsp3) is 0.789. The quantitative estimate of drug-likeness (QED) is 0.366. The van der Waals surface area contributed by atoms with E-state index in [2.05, 4.69) is 39.8 Å². The largest absolute Gasteiger partial charge is 0.377 e. The van der Waals surface area contributed by atoms with Gasteiger partial charge in [0.25, 0.3) is 0 Å². The molecule has 1 aromatic heterocycles. The molecule has 8 heteroatoms. The van der Waals surface area contributed by atoms with Gasteiger partial charge in [-0.25, -0.2) is 4.98 Å². The van der Waals surface area contributed by atoms with Crippen molar-refractivity contribution in [2.45, 2.75) is 51.7 Å². The van der Waals surface area contributed by atoms with Crippen molar-refractivity contribution in [1.82, 2.24) is 15.6 Å². The van der Waals surface area contributed by atoms with Gasteiger partial charge in [-0.3, -0.25) is 4.99 Å². The highest BCUT2D eigenvalue weighted by Crippen LogP contribution is 2.52. The average Bonchev–Trinajstić information content (AvgIpc) is 3.38. The molecule has 2 saturated heterocycles. The van der Waals surface area contributed by atoms with Crippen LogP contribution in [0.15, 0.2) is 10.4 Å². The van der Waals surface area contributed by atoms with Gasteiger partial charge in [0.05, 0.1) is 11.8 Å². The van der Waals surface area contributed by atoms with Crippen molar-refractivity contribution in [3.63, 3.8) is 0 Å². The van der Waals surface area contributed by atoms with Crippen LogP contribution in [0, 0.1) is 11.3 Å². The molecule has 0 radical (unpaired) electrons. The Hall–Kier alpha value is -0.610. The van der Waals surface area contributed by atoms with Gasteiger partial charge in [-0.05, 0) is 19.3 Å². The molecule has 152 valence electrons. The maximum Gasteiger partial charge on any atom is 0.191 e. The Morgan fingerprint density at radius 3 is 2.93 bits per heavy atom. The second kappa shape index (κ2) is 8.82. The zero-order valence-corrected chi connectivity index (χ0v) is 19.7. The number of thiazole rings is 1. The number of ether oxygens (including phenoxy) is 1. The number of rotatable bonds is 5. The van der Waals surface area contributed by atoms with Crippen molar-refractivity contribution < 1.29 is 4.74 Å². The van der Waals surface area contributed by atoms with Crippen molar-refractivity contribution in [2.24, 2.45) is 16.3 Å². The zero-order chi connectivity index (χ0) is 18.1. The first kappa shape index (κ1) is 21.1. The van der Waals surface area contributed by atoms with Gasteiger partial charge < -0.3 is 20.3 Å². The fourth-order valence-electron chi connectivity index (χ4n) is 4.73. The van der Waals surface area contributed by atoms with Crippen molar-refractivity contribution >= 4 is 46.4 Å². The van der Waals surface area contributed by atoms with Crippen LogP contribution in [0.5, 0.6) is 0 Å². The van der Waals surface area contributed by atoms with E-state index in [1.165, 1.54) is 23.7 Å². The molecule has 3 heterocycles. The van der Waals surface area contributed by atoms with Crippen LogP contribution in [-0.2, 0) is 11.2 Å². The molecule has 3 unspecified atom stereocenters. The maximum absolute atomic E-state index is 5.88. The van der Waals surface area contributed by atoms with E-state index in [-0.39, 0.29) is 29.4 Å². The molecule has 0 aromatic carbocycles. The van der Waals surface area contributed by atoms with Crippen molar-refractivity contribution in [1.29, 1.82) is 0 Å². The maximum atomic E-state index is 5.88. The third-order valence-corrected chi connectivity index (χ3v) is 7.16. The molecule has 0 bridgehead atoms. The molecule has 1 aliphatic carbocycles. The number of hydrogen-bond acceptors (Lipinski definition) is 5. The van der Waals surface area contributed by atoms with Gasteiger partial charge in [-0.1, -0.05) is 13.8 Å². The van der Waals surface area contributed by atoms with Gasteiger partial charge in [0.1, 0.15) is 0 Å². The van der Waals surface area contributed by atoms with E-state index in [9.17, 15) is 0 Å². The van der Waals surface area contributed by atoms with Gasteiger partial charge in [-0.2, -0.15) is 0 Å². The number of aromatic nitrogens is 1. The van der Waals surface area contributed by atoms with Crippen molar-refractivity contribution in [3.05, 3.63) is 11.1 Å². The Kier molecular flexibility index (Phi) is 6.89. The first-order chi connectivity index (χ1) is 12.6. The summed E-state index contributed by atoms with van der Waals surface area (Å²) in [5.74, 6) is 1.51. The molecule has 1 saturated carbocycles. The van der Waals surface area contributed by atoms with Crippen LogP contribution >= 0.6 is 35.3 Å². The Balaban J connectivity index is 0.00000210. The lowest BCUT2D eigenvalue weighted by atomic mass is 9.57. The fourth-order valence-corrected chi connectivity index (χ4v) is 5.65. The predicted octanol–water partition coefficient (Wildman–Crippen LogP) is 2.88. The van der Waals surface area contributed by atoms with Gasteiger partial charge in [0.2, 0.25) is 0 Å². The van der Waals surface area contributed by atoms with Gasteiger partial charge in [-0.15, -0.1) is 35.3 Å². The second-order valence-corrected chi connectivity index (χ2v) is 9.09. The SMILES string of the molecule is CN=C(NCCc1csc(N2CCCC2)n1)NC1C2CCOC2C1(C)C.I. The first-order valence-corrected chi connectivity index (χ1v) is 10.8. The minimum absolute atomic E-state index is 0. The van der Waals surface area contributed by atoms with Crippen LogP contribution in [0.25, 0.3) is 0 Å². The highest BCUT2D eigenvalue weighted by Gasteiger charge is 2.59. The third kappa shape index (κ3) is 4.22. The summed E-state index contributed by atoms with van der Waals surface area (Å²) >= 11 is 1.77. The van der Waals surface area contributed by atoms with E-state index in [4.69, 9.17) is 9.72 Å². The minimum Gasteiger partial charge on any atom is -0.377 e. The molecular weight excluding hydrogens is 473 g/mol. The molecule has 0 amide bonds. The summed E-state index contributed by atoms with van der Waals surface area (Å²) in [4.78, 5) is 11.6. The Bertz CT molecular complexity index is 658. The molecule has 3 fully saturated rings. The van der Waals surface area contributed by atoms with Gasteiger partial charge >= 0.3 is 0 Å². The normalized spacial score (nSPS) is 29.1. The van der Waals surface area contributed by atoms with Gasteiger partial charge in [0.15, 0.2) is 11.1 Å². The summed E-state index contributed by atoms with van der Waals surface area (Å²) in [5.41, 5.74) is 1.34.